The fourth-order valence-corrected chi connectivity index (χ4v) is 6.56. The van der Waals surface area contributed by atoms with Crippen LogP contribution in [0, 0.1) is 0 Å². The monoisotopic (exact) mass is 669 g/mol. The van der Waals surface area contributed by atoms with Gasteiger partial charge in [-0.15, -0.1) is 0 Å². The van der Waals surface area contributed by atoms with E-state index in [1.54, 1.807) is 0 Å². The standard InChI is InChI=1S/C43H74NO4/c1-3-5-7-9-11-13-15-17-19-21-23-25-30-34-41(37-42(46)44-40(38-45)36-39-32-28-27-29-33-39)48-43(47)35-31-26-24-22-20-18-16-14-12-10-8-6-4-2/h27-29,32-33,40-41H,3-26,30-31,34-37H2,1-2H3,(H,44,46)/t40-,41?/m0/s1. The number of carbonyl (C=O) groups excluding carboxylic acids is 3. The molecule has 0 fully saturated rings. The highest BCUT2D eigenvalue weighted by molar-refractivity contribution is 5.80. The number of nitrogens with one attached hydrogen (secondary N) is 1. The van der Waals surface area contributed by atoms with E-state index in [4.69, 9.17) is 4.74 Å². The molecule has 1 aromatic rings. The van der Waals surface area contributed by atoms with E-state index in [1.165, 1.54) is 141 Å². The number of hydrogen-bond acceptors (Lipinski definition) is 4. The van der Waals surface area contributed by atoms with E-state index >= 15 is 0 Å². The van der Waals surface area contributed by atoms with Crippen molar-refractivity contribution in [2.75, 3.05) is 0 Å². The van der Waals surface area contributed by atoms with Crippen LogP contribution < -0.4 is 5.32 Å². The van der Waals surface area contributed by atoms with Crippen molar-refractivity contribution in [3.8, 4) is 0 Å². The van der Waals surface area contributed by atoms with Crippen molar-refractivity contribution in [2.24, 2.45) is 0 Å². The molecular weight excluding hydrogens is 594 g/mol. The van der Waals surface area contributed by atoms with Crippen LogP contribution in [0.4, 0.5) is 0 Å². The Morgan fingerprint density at radius 1 is 0.604 bits per heavy atom. The molecule has 0 bridgehead atoms. The molecule has 0 saturated heterocycles. The van der Waals surface area contributed by atoms with Crippen LogP contribution in [0.25, 0.3) is 0 Å². The molecule has 0 spiro atoms. The lowest BCUT2D eigenvalue weighted by Crippen LogP contribution is -2.39. The van der Waals surface area contributed by atoms with E-state index < -0.39 is 12.1 Å². The Morgan fingerprint density at radius 3 is 1.46 bits per heavy atom. The van der Waals surface area contributed by atoms with Gasteiger partial charge in [-0.3, -0.25) is 14.4 Å². The zero-order valence-electron chi connectivity index (χ0n) is 31.4. The first-order valence-corrected chi connectivity index (χ1v) is 20.5. The van der Waals surface area contributed by atoms with Crippen LogP contribution in [0.3, 0.4) is 0 Å². The first kappa shape index (κ1) is 43.9. The molecule has 0 saturated carbocycles. The predicted molar refractivity (Wildman–Crippen MR) is 203 cm³/mol. The van der Waals surface area contributed by atoms with E-state index in [0.717, 1.165) is 31.2 Å². The number of unbranched alkanes of at least 4 members (excludes halogenated alkanes) is 24. The highest BCUT2D eigenvalue weighted by atomic mass is 16.5. The minimum Gasteiger partial charge on any atom is -0.462 e. The molecule has 0 aliphatic heterocycles. The Hall–Kier alpha value is -2.17. The van der Waals surface area contributed by atoms with Gasteiger partial charge >= 0.3 is 5.97 Å². The van der Waals surface area contributed by atoms with Gasteiger partial charge in [0, 0.05) is 12.8 Å². The van der Waals surface area contributed by atoms with E-state index in [-0.39, 0.29) is 18.3 Å². The van der Waals surface area contributed by atoms with Gasteiger partial charge in [0.25, 0.3) is 0 Å². The van der Waals surface area contributed by atoms with Crippen LogP contribution in [0.15, 0.2) is 30.3 Å². The van der Waals surface area contributed by atoms with Crippen LogP contribution in [-0.4, -0.2) is 30.3 Å². The minimum absolute atomic E-state index is 0.0928. The maximum Gasteiger partial charge on any atom is 0.306 e. The molecular formula is C43H74NO4. The van der Waals surface area contributed by atoms with Crippen molar-refractivity contribution in [1.82, 2.24) is 5.32 Å². The number of esters is 1. The van der Waals surface area contributed by atoms with Crippen molar-refractivity contribution < 1.29 is 19.1 Å². The lowest BCUT2D eigenvalue weighted by molar-refractivity contribution is -0.151. The summed E-state index contributed by atoms with van der Waals surface area (Å²) >= 11 is 0. The highest BCUT2D eigenvalue weighted by Crippen LogP contribution is 2.17. The van der Waals surface area contributed by atoms with Gasteiger partial charge < -0.3 is 10.1 Å². The minimum atomic E-state index is -0.710. The number of rotatable bonds is 35. The molecule has 2 atom stereocenters. The molecule has 1 radical (unpaired) electrons. The van der Waals surface area contributed by atoms with Crippen LogP contribution >= 0.6 is 0 Å². The number of benzene rings is 1. The summed E-state index contributed by atoms with van der Waals surface area (Å²) in [6.07, 6.45) is 36.2. The van der Waals surface area contributed by atoms with Crippen molar-refractivity contribution in [1.29, 1.82) is 0 Å². The van der Waals surface area contributed by atoms with Crippen molar-refractivity contribution >= 4 is 18.2 Å². The molecule has 1 amide bonds. The molecule has 0 aliphatic carbocycles. The molecule has 1 rings (SSSR count). The topological polar surface area (TPSA) is 72.5 Å². The van der Waals surface area contributed by atoms with Crippen molar-refractivity contribution in [3.05, 3.63) is 35.9 Å². The zero-order valence-corrected chi connectivity index (χ0v) is 31.4. The summed E-state index contributed by atoms with van der Waals surface area (Å²) in [6.45, 7) is 4.53. The third kappa shape index (κ3) is 27.7. The highest BCUT2D eigenvalue weighted by Gasteiger charge is 2.21. The summed E-state index contributed by atoms with van der Waals surface area (Å²) in [5.41, 5.74) is 0.971. The Balaban J connectivity index is 2.33. The summed E-state index contributed by atoms with van der Waals surface area (Å²) in [6, 6.07) is 8.93. The Labute approximate surface area is 296 Å². The zero-order chi connectivity index (χ0) is 34.8. The molecule has 0 aromatic heterocycles. The summed E-state index contributed by atoms with van der Waals surface area (Å²) < 4.78 is 5.87. The second-order valence-electron chi connectivity index (χ2n) is 14.3. The fraction of sp³-hybridized carbons (Fsp3) is 0.791. The van der Waals surface area contributed by atoms with E-state index in [9.17, 15) is 14.4 Å². The second-order valence-corrected chi connectivity index (χ2v) is 14.3. The van der Waals surface area contributed by atoms with Crippen LogP contribution in [0.2, 0.25) is 0 Å². The fourth-order valence-electron chi connectivity index (χ4n) is 6.56. The Morgan fingerprint density at radius 2 is 1.02 bits per heavy atom. The molecule has 1 aromatic carbocycles. The van der Waals surface area contributed by atoms with Gasteiger partial charge in [-0.2, -0.15) is 0 Å². The summed E-state index contributed by atoms with van der Waals surface area (Å²) in [5.74, 6) is -0.457. The molecule has 48 heavy (non-hydrogen) atoms. The summed E-state index contributed by atoms with van der Waals surface area (Å²) in [7, 11) is 0. The SMILES string of the molecule is CCCCCCCCCCCCCCCC(=O)OC(CCCCCCCCCCCCCCC)CC(=O)N[C@H]([C]=O)Cc1ccccc1. The predicted octanol–water partition coefficient (Wildman–Crippen LogP) is 12.1. The second kappa shape index (κ2) is 33.3. The normalized spacial score (nSPS) is 12.5. The molecule has 0 aliphatic rings. The first-order chi connectivity index (χ1) is 23.6. The molecule has 5 heteroatoms. The van der Waals surface area contributed by atoms with Crippen molar-refractivity contribution in [2.45, 2.75) is 219 Å². The summed E-state index contributed by atoms with van der Waals surface area (Å²) in [4.78, 5) is 37.3. The average Bonchev–Trinajstić information content (AvgIpc) is 3.09. The Bertz CT molecular complexity index is 873. The summed E-state index contributed by atoms with van der Waals surface area (Å²) in [5, 5.41) is 2.81. The van der Waals surface area contributed by atoms with Crippen LogP contribution in [0.5, 0.6) is 0 Å². The molecule has 275 valence electrons. The third-order valence-electron chi connectivity index (χ3n) is 9.59. The third-order valence-corrected chi connectivity index (χ3v) is 9.59. The van der Waals surface area contributed by atoms with Gasteiger partial charge in [0.1, 0.15) is 6.10 Å². The number of ether oxygens (including phenoxy) is 1. The van der Waals surface area contributed by atoms with E-state index in [2.05, 4.69) is 19.2 Å². The number of hydrogen-bond donors (Lipinski definition) is 1. The Kier molecular flexibility index (Phi) is 30.5. The number of amides is 1. The molecule has 0 heterocycles. The van der Waals surface area contributed by atoms with Gasteiger partial charge in [-0.25, -0.2) is 0 Å². The number of carbonyl (C=O) groups is 2. The molecule has 5 nitrogen and oxygen atoms in total. The molecule has 1 unspecified atom stereocenters. The molecule has 1 N–H and O–H groups in total. The van der Waals surface area contributed by atoms with Crippen molar-refractivity contribution in [3.63, 3.8) is 0 Å². The maximum atomic E-state index is 12.9. The van der Waals surface area contributed by atoms with Crippen LogP contribution in [0.1, 0.15) is 206 Å². The quantitative estimate of drug-likeness (QED) is 0.0577. The van der Waals surface area contributed by atoms with Gasteiger partial charge in [0.05, 0.1) is 12.5 Å². The first-order valence-electron chi connectivity index (χ1n) is 20.5. The smallest absolute Gasteiger partial charge is 0.306 e. The largest absolute Gasteiger partial charge is 0.462 e. The lowest BCUT2D eigenvalue weighted by atomic mass is 10.0. The van der Waals surface area contributed by atoms with E-state index in [1.807, 2.05) is 36.6 Å². The van der Waals surface area contributed by atoms with Crippen LogP contribution in [-0.2, 0) is 25.5 Å². The van der Waals surface area contributed by atoms with Gasteiger partial charge in [-0.1, -0.05) is 198 Å². The lowest BCUT2D eigenvalue weighted by Gasteiger charge is -2.19. The van der Waals surface area contributed by atoms with Gasteiger partial charge in [0.15, 0.2) is 0 Å². The van der Waals surface area contributed by atoms with Gasteiger partial charge in [-0.05, 0) is 24.8 Å². The van der Waals surface area contributed by atoms with E-state index in [0.29, 0.717) is 19.3 Å². The maximum absolute atomic E-state index is 12.9. The van der Waals surface area contributed by atoms with Gasteiger partial charge in [0.2, 0.25) is 12.2 Å². The average molecular weight is 669 g/mol.